The van der Waals surface area contributed by atoms with Crippen LogP contribution in [0.3, 0.4) is 0 Å². The Morgan fingerprint density at radius 1 is 1.10 bits per heavy atom. The number of methoxy groups -OCH3 is 1. The molecule has 154 valence electrons. The zero-order valence-corrected chi connectivity index (χ0v) is 16.6. The number of esters is 1. The van der Waals surface area contributed by atoms with Gasteiger partial charge in [-0.2, -0.15) is 0 Å². The summed E-state index contributed by atoms with van der Waals surface area (Å²) in [5.74, 6) is 0.139. The van der Waals surface area contributed by atoms with Crippen LogP contribution < -0.4 is 0 Å². The smallest absolute Gasteiger partial charge is 0.341 e. The van der Waals surface area contributed by atoms with Crippen LogP contribution in [0, 0.1) is 24.7 Å². The molecule has 0 aromatic carbocycles. The van der Waals surface area contributed by atoms with Gasteiger partial charge < -0.3 is 9.15 Å². The van der Waals surface area contributed by atoms with E-state index in [4.69, 9.17) is 9.15 Å². The van der Waals surface area contributed by atoms with Crippen LogP contribution >= 0.6 is 0 Å². The molecule has 4 bridgehead atoms. The first-order chi connectivity index (χ1) is 13.8. The number of furan rings is 1. The van der Waals surface area contributed by atoms with E-state index in [1.165, 1.54) is 37.3 Å². The summed E-state index contributed by atoms with van der Waals surface area (Å²) in [5, 5.41) is 0. The monoisotopic (exact) mass is 400 g/mol. The van der Waals surface area contributed by atoms with Crippen molar-refractivity contribution in [1.82, 2.24) is 9.80 Å². The van der Waals surface area contributed by atoms with Crippen molar-refractivity contribution in [2.24, 2.45) is 17.8 Å². The van der Waals surface area contributed by atoms with E-state index in [-0.39, 0.29) is 17.9 Å². The minimum absolute atomic E-state index is 0.176. The van der Waals surface area contributed by atoms with Gasteiger partial charge in [-0.15, -0.1) is 0 Å². The van der Waals surface area contributed by atoms with Crippen molar-refractivity contribution >= 4 is 23.8 Å². The lowest BCUT2D eigenvalue weighted by atomic mass is 9.52. The molecule has 0 radical (unpaired) electrons. The van der Waals surface area contributed by atoms with Crippen LogP contribution in [-0.2, 0) is 20.9 Å². The summed E-state index contributed by atoms with van der Waals surface area (Å²) < 4.78 is 10.2. The second-order valence-electron chi connectivity index (χ2n) is 9.13. The molecule has 4 aliphatic carbocycles. The predicted molar refractivity (Wildman–Crippen MR) is 98.5 cm³/mol. The molecule has 1 aliphatic heterocycles. The number of urea groups is 1. The lowest BCUT2D eigenvalue weighted by molar-refractivity contribution is -0.150. The number of hydrogen-bond donors (Lipinski definition) is 0. The largest absolute Gasteiger partial charge is 0.465 e. The number of ether oxygens (including phenoxy) is 1. The molecule has 5 aliphatic rings. The van der Waals surface area contributed by atoms with Gasteiger partial charge in [-0.1, -0.05) is 0 Å². The summed E-state index contributed by atoms with van der Waals surface area (Å²) in [6.07, 6.45) is 5.96. The Morgan fingerprint density at radius 3 is 2.24 bits per heavy atom. The molecule has 8 heteroatoms. The molecule has 4 amide bonds. The summed E-state index contributed by atoms with van der Waals surface area (Å²) in [6.45, 7) is 1.43. The van der Waals surface area contributed by atoms with Crippen molar-refractivity contribution < 1.29 is 28.3 Å². The number of rotatable bonds is 4. The maximum atomic E-state index is 13.2. The fraction of sp³-hybridized carbons (Fsp3) is 0.619. The normalized spacial score (nSPS) is 33.2. The first kappa shape index (κ1) is 18.4. The van der Waals surface area contributed by atoms with Crippen molar-refractivity contribution in [2.75, 3.05) is 7.11 Å². The zero-order valence-electron chi connectivity index (χ0n) is 16.6. The minimum Gasteiger partial charge on any atom is -0.465 e. The maximum absolute atomic E-state index is 13.2. The lowest BCUT2D eigenvalue weighted by Gasteiger charge is -2.58. The second kappa shape index (κ2) is 6.18. The molecule has 2 heterocycles. The molecule has 1 saturated heterocycles. The van der Waals surface area contributed by atoms with Crippen LogP contribution in [0.2, 0.25) is 0 Å². The molecule has 0 spiro atoms. The SMILES string of the molecule is COC(=O)c1cc(CN2C(=O)C(=O)N(C34CC5CC(CC(C5)C3)C4)C2=O)oc1C. The molecule has 1 aromatic rings. The minimum atomic E-state index is -0.820. The highest BCUT2D eigenvalue weighted by atomic mass is 16.5. The van der Waals surface area contributed by atoms with Crippen molar-refractivity contribution in [3.05, 3.63) is 23.2 Å². The van der Waals surface area contributed by atoms with Gasteiger partial charge in [0.1, 0.15) is 17.1 Å². The van der Waals surface area contributed by atoms with Crippen LogP contribution in [0.1, 0.15) is 60.4 Å². The fourth-order valence-corrected chi connectivity index (χ4v) is 6.49. The summed E-state index contributed by atoms with van der Waals surface area (Å²) >= 11 is 0. The highest BCUT2D eigenvalue weighted by Gasteiger charge is 2.61. The van der Waals surface area contributed by atoms with Gasteiger partial charge in [0.15, 0.2) is 0 Å². The molecule has 1 aromatic heterocycles. The Hall–Kier alpha value is -2.64. The zero-order chi connectivity index (χ0) is 20.5. The van der Waals surface area contributed by atoms with Crippen LogP contribution in [-0.4, -0.2) is 46.3 Å². The van der Waals surface area contributed by atoms with E-state index in [9.17, 15) is 19.2 Å². The second-order valence-corrected chi connectivity index (χ2v) is 9.13. The summed E-state index contributed by atoms with van der Waals surface area (Å²) in [7, 11) is 1.27. The number of nitrogens with zero attached hydrogens (tertiary/aromatic N) is 2. The molecule has 6 rings (SSSR count). The van der Waals surface area contributed by atoms with E-state index >= 15 is 0 Å². The number of hydrogen-bond acceptors (Lipinski definition) is 6. The Labute approximate surface area is 168 Å². The van der Waals surface area contributed by atoms with Crippen molar-refractivity contribution in [3.8, 4) is 0 Å². The van der Waals surface area contributed by atoms with Gasteiger partial charge in [0, 0.05) is 0 Å². The van der Waals surface area contributed by atoms with Gasteiger partial charge in [0.2, 0.25) is 0 Å². The van der Waals surface area contributed by atoms with Gasteiger partial charge in [-0.05, 0) is 69.3 Å². The molecule has 4 saturated carbocycles. The quantitative estimate of drug-likeness (QED) is 0.438. The molecule has 29 heavy (non-hydrogen) atoms. The highest BCUT2D eigenvalue weighted by molar-refractivity contribution is 6.44. The van der Waals surface area contributed by atoms with Gasteiger partial charge in [-0.3, -0.25) is 9.59 Å². The number of imide groups is 2. The first-order valence-corrected chi connectivity index (χ1v) is 10.2. The third-order valence-electron chi connectivity index (χ3n) is 7.22. The Morgan fingerprint density at radius 2 is 1.69 bits per heavy atom. The van der Waals surface area contributed by atoms with Gasteiger partial charge in [0.05, 0.1) is 19.2 Å². The van der Waals surface area contributed by atoms with Crippen LogP contribution in [0.15, 0.2) is 10.5 Å². The third-order valence-corrected chi connectivity index (χ3v) is 7.22. The summed E-state index contributed by atoms with van der Waals surface area (Å²) in [4.78, 5) is 52.7. The molecule has 0 unspecified atom stereocenters. The van der Waals surface area contributed by atoms with Crippen LogP contribution in [0.5, 0.6) is 0 Å². The number of carbonyl (C=O) groups excluding carboxylic acids is 4. The molecule has 0 N–H and O–H groups in total. The van der Waals surface area contributed by atoms with E-state index in [0.29, 0.717) is 23.5 Å². The molecule has 0 atom stereocenters. The molecular weight excluding hydrogens is 376 g/mol. The molecule has 8 nitrogen and oxygen atoms in total. The molecule has 5 fully saturated rings. The molecular formula is C21H24N2O6. The Bertz CT molecular complexity index is 896. The Balaban J connectivity index is 1.41. The fourth-order valence-electron chi connectivity index (χ4n) is 6.49. The van der Waals surface area contributed by atoms with Crippen LogP contribution in [0.4, 0.5) is 4.79 Å². The topological polar surface area (TPSA) is 97.1 Å². The summed E-state index contributed by atoms with van der Waals surface area (Å²) in [6, 6.07) is 0.898. The van der Waals surface area contributed by atoms with E-state index in [2.05, 4.69) is 0 Å². The lowest BCUT2D eigenvalue weighted by Crippen LogP contribution is -2.61. The van der Waals surface area contributed by atoms with Crippen molar-refractivity contribution in [2.45, 2.75) is 57.5 Å². The van der Waals surface area contributed by atoms with Crippen LogP contribution in [0.25, 0.3) is 0 Å². The van der Waals surface area contributed by atoms with Crippen molar-refractivity contribution in [1.29, 1.82) is 0 Å². The van der Waals surface area contributed by atoms with E-state index in [1.807, 2.05) is 0 Å². The standard InChI is InChI=1S/C21H24N2O6/c1-11-16(19(26)28-2)6-15(29-11)10-22-17(24)18(25)23(20(22)27)21-7-12-3-13(8-21)5-14(4-12)9-21/h6,12-14H,3-5,7-10H2,1-2H3. The summed E-state index contributed by atoms with van der Waals surface area (Å²) in [5.41, 5.74) is -0.269. The predicted octanol–water partition coefficient (Wildman–Crippen LogP) is 2.63. The van der Waals surface area contributed by atoms with Gasteiger partial charge >= 0.3 is 23.8 Å². The average Bonchev–Trinajstić information content (AvgIpc) is 3.13. The average molecular weight is 400 g/mol. The van der Waals surface area contributed by atoms with E-state index in [0.717, 1.165) is 24.2 Å². The van der Waals surface area contributed by atoms with E-state index in [1.54, 1.807) is 6.92 Å². The third kappa shape index (κ3) is 2.64. The number of carbonyl (C=O) groups is 4. The van der Waals surface area contributed by atoms with Gasteiger partial charge in [-0.25, -0.2) is 19.4 Å². The van der Waals surface area contributed by atoms with Gasteiger partial charge in [0.25, 0.3) is 0 Å². The number of aryl methyl sites for hydroxylation is 1. The highest BCUT2D eigenvalue weighted by Crippen LogP contribution is 2.58. The van der Waals surface area contributed by atoms with Crippen molar-refractivity contribution in [3.63, 3.8) is 0 Å². The first-order valence-electron chi connectivity index (χ1n) is 10.2. The number of amides is 4. The maximum Gasteiger partial charge on any atom is 0.341 e. The Kier molecular flexibility index (Phi) is 3.92. The van der Waals surface area contributed by atoms with E-state index < -0.39 is 29.4 Å².